The first-order valence-electron chi connectivity index (χ1n) is 7.40. The Morgan fingerprint density at radius 1 is 1.00 bits per heavy atom. The first-order valence-corrected chi connectivity index (χ1v) is 7.40. The maximum absolute atomic E-state index is 10.5. The fraction of sp³-hybridized carbons (Fsp3) is 0.250. The van der Waals surface area contributed by atoms with Crippen LogP contribution < -0.4 is 5.32 Å². The third-order valence-corrected chi connectivity index (χ3v) is 3.26. The predicted molar refractivity (Wildman–Crippen MR) is 89.9 cm³/mol. The summed E-state index contributed by atoms with van der Waals surface area (Å²) in [6.45, 7) is 1.19. The number of benzene rings is 2. The molecule has 3 N–H and O–H groups in total. The summed E-state index contributed by atoms with van der Waals surface area (Å²) in [6, 6.07) is 16.0. The third kappa shape index (κ3) is 8.39. The average molecular weight is 349 g/mol. The van der Waals surface area contributed by atoms with Crippen LogP contribution in [0.5, 0.6) is 0 Å². The molecule has 0 amide bonds. The van der Waals surface area contributed by atoms with Gasteiger partial charge in [0.25, 0.3) is 10.8 Å². The number of aliphatic hydroxyl groups is 1. The van der Waals surface area contributed by atoms with Gasteiger partial charge in [-0.15, -0.1) is 10.1 Å². The van der Waals surface area contributed by atoms with Gasteiger partial charge in [-0.25, -0.2) is 0 Å². The highest BCUT2D eigenvalue weighted by Gasteiger charge is 2.06. The van der Waals surface area contributed by atoms with Gasteiger partial charge >= 0.3 is 0 Å². The summed E-state index contributed by atoms with van der Waals surface area (Å²) in [5, 5.41) is 37.3. The Labute approximate surface area is 143 Å². The molecule has 25 heavy (non-hydrogen) atoms. The highest BCUT2D eigenvalue weighted by atomic mass is 16.9. The number of non-ortho nitro benzene ring substituents is 1. The lowest BCUT2D eigenvalue weighted by atomic mass is 10.1. The predicted octanol–water partition coefficient (Wildman–Crippen LogP) is 2.11. The highest BCUT2D eigenvalue weighted by molar-refractivity contribution is 5.32. The smallest absolute Gasteiger partial charge is 0.291 e. The zero-order valence-corrected chi connectivity index (χ0v) is 13.3. The van der Waals surface area contributed by atoms with Crippen LogP contribution in [0, 0.1) is 20.2 Å². The van der Waals surface area contributed by atoms with E-state index in [1.54, 1.807) is 12.1 Å². The zero-order chi connectivity index (χ0) is 18.7. The molecule has 0 heterocycles. The van der Waals surface area contributed by atoms with Crippen molar-refractivity contribution < 1.29 is 20.3 Å². The van der Waals surface area contributed by atoms with Crippen LogP contribution in [0.3, 0.4) is 0 Å². The van der Waals surface area contributed by atoms with Crippen LogP contribution in [-0.4, -0.2) is 33.4 Å². The number of nitro groups is 1. The van der Waals surface area contributed by atoms with Crippen molar-refractivity contribution in [3.63, 3.8) is 0 Å². The third-order valence-electron chi connectivity index (χ3n) is 3.26. The van der Waals surface area contributed by atoms with Gasteiger partial charge in [-0.05, 0) is 24.1 Å². The van der Waals surface area contributed by atoms with Crippen LogP contribution in [0.2, 0.25) is 0 Å². The Hall–Kier alpha value is -3.04. The second-order valence-electron chi connectivity index (χ2n) is 5.04. The van der Waals surface area contributed by atoms with Crippen molar-refractivity contribution in [1.82, 2.24) is 5.32 Å². The molecular formula is C16H19N3O6. The van der Waals surface area contributed by atoms with Gasteiger partial charge in [0.15, 0.2) is 0 Å². The molecule has 2 aromatic rings. The Bertz CT molecular complexity index is 659. The van der Waals surface area contributed by atoms with Crippen LogP contribution in [0.15, 0.2) is 54.6 Å². The van der Waals surface area contributed by atoms with Gasteiger partial charge in [0, 0.05) is 18.7 Å². The normalized spacial score (nSPS) is 11.1. The Balaban J connectivity index is 0.000000705. The molecule has 0 aromatic heterocycles. The van der Waals surface area contributed by atoms with Crippen molar-refractivity contribution in [2.24, 2.45) is 0 Å². The molecule has 0 spiro atoms. The van der Waals surface area contributed by atoms with Crippen molar-refractivity contribution in [3.05, 3.63) is 86.0 Å². The Kier molecular flexibility index (Phi) is 8.55. The molecule has 2 rings (SSSR count). The minimum absolute atomic E-state index is 0.103. The number of hydrogen-bond donors (Lipinski definition) is 3. The maximum atomic E-state index is 10.5. The number of nitro benzene ring substituents is 1. The van der Waals surface area contributed by atoms with Crippen molar-refractivity contribution >= 4 is 5.69 Å². The molecule has 0 unspecified atom stereocenters. The largest absolute Gasteiger partial charge is 0.387 e. The number of nitrogens with zero attached hydrogens (tertiary/aromatic N) is 2. The molecule has 1 atom stereocenters. The standard InChI is InChI=1S/C16H18N2O3.HNO3/c19-16(14-4-2-1-3-5-14)12-17-11-10-13-6-8-15(9-7-13)18(20)21;2-1(3)4/h1-9,16-17,19H,10-12H2;(H,2,3,4)/t16-;/m0./s1. The van der Waals surface area contributed by atoms with Crippen molar-refractivity contribution in [3.8, 4) is 0 Å². The lowest BCUT2D eigenvalue weighted by molar-refractivity contribution is -0.742. The molecule has 0 bridgehead atoms. The van der Waals surface area contributed by atoms with E-state index in [0.29, 0.717) is 13.1 Å². The van der Waals surface area contributed by atoms with Gasteiger partial charge in [0.2, 0.25) is 0 Å². The quantitative estimate of drug-likeness (QED) is 0.395. The summed E-state index contributed by atoms with van der Waals surface area (Å²) in [6.07, 6.45) is 0.238. The van der Waals surface area contributed by atoms with Crippen LogP contribution in [0.1, 0.15) is 17.2 Å². The van der Waals surface area contributed by atoms with E-state index in [1.807, 2.05) is 30.3 Å². The Morgan fingerprint density at radius 3 is 2.08 bits per heavy atom. The van der Waals surface area contributed by atoms with Gasteiger partial charge in [-0.1, -0.05) is 42.5 Å². The van der Waals surface area contributed by atoms with Gasteiger partial charge in [0.05, 0.1) is 11.0 Å². The topological polar surface area (TPSA) is 139 Å². The van der Waals surface area contributed by atoms with Crippen molar-refractivity contribution in [1.29, 1.82) is 0 Å². The highest BCUT2D eigenvalue weighted by Crippen LogP contribution is 2.12. The van der Waals surface area contributed by atoms with Gasteiger partial charge in [-0.2, -0.15) is 0 Å². The van der Waals surface area contributed by atoms with E-state index < -0.39 is 16.1 Å². The number of aliphatic hydroxyl groups excluding tert-OH is 1. The van der Waals surface area contributed by atoms with E-state index in [0.717, 1.165) is 17.5 Å². The van der Waals surface area contributed by atoms with Crippen molar-refractivity contribution in [2.45, 2.75) is 12.5 Å². The van der Waals surface area contributed by atoms with E-state index >= 15 is 0 Å². The molecule has 0 fully saturated rings. The molecule has 0 aliphatic heterocycles. The molecule has 9 nitrogen and oxygen atoms in total. The Morgan fingerprint density at radius 2 is 1.56 bits per heavy atom. The molecular weight excluding hydrogens is 330 g/mol. The number of nitrogens with one attached hydrogen (secondary N) is 1. The minimum Gasteiger partial charge on any atom is -0.387 e. The SMILES string of the molecule is O=[N+]([O-])O.O=[N+]([O-])c1ccc(CCNC[C@H](O)c2ccccc2)cc1. The average Bonchev–Trinajstić information content (AvgIpc) is 2.59. The first kappa shape index (κ1) is 20.0. The van der Waals surface area contributed by atoms with Gasteiger partial charge < -0.3 is 15.6 Å². The van der Waals surface area contributed by atoms with Gasteiger partial charge in [-0.3, -0.25) is 10.1 Å². The number of hydrogen-bond acceptors (Lipinski definition) is 6. The summed E-state index contributed by atoms with van der Waals surface area (Å²) < 4.78 is 0. The molecule has 0 saturated heterocycles. The molecule has 9 heteroatoms. The molecule has 0 radical (unpaired) electrons. The summed E-state index contributed by atoms with van der Waals surface area (Å²) in [5.74, 6) is 0. The molecule has 2 aromatic carbocycles. The summed E-state index contributed by atoms with van der Waals surface area (Å²) in [7, 11) is 0. The summed E-state index contributed by atoms with van der Waals surface area (Å²) >= 11 is 0. The van der Waals surface area contributed by atoms with Crippen LogP contribution in [0.4, 0.5) is 5.69 Å². The van der Waals surface area contributed by atoms with E-state index in [2.05, 4.69) is 5.32 Å². The lowest BCUT2D eigenvalue weighted by Gasteiger charge is -2.12. The molecule has 134 valence electrons. The molecule has 0 saturated carbocycles. The van der Waals surface area contributed by atoms with E-state index in [1.165, 1.54) is 12.1 Å². The van der Waals surface area contributed by atoms with Gasteiger partial charge in [0.1, 0.15) is 0 Å². The van der Waals surface area contributed by atoms with Crippen LogP contribution in [0.25, 0.3) is 0 Å². The van der Waals surface area contributed by atoms with E-state index in [4.69, 9.17) is 15.3 Å². The molecule has 0 aliphatic carbocycles. The fourth-order valence-electron chi connectivity index (χ4n) is 2.05. The first-order chi connectivity index (χ1) is 11.9. The van der Waals surface area contributed by atoms with E-state index in [9.17, 15) is 15.2 Å². The van der Waals surface area contributed by atoms with E-state index in [-0.39, 0.29) is 5.69 Å². The summed E-state index contributed by atoms with van der Waals surface area (Å²) in [5.41, 5.74) is 2.02. The number of rotatable bonds is 7. The second kappa shape index (κ2) is 10.7. The summed E-state index contributed by atoms with van der Waals surface area (Å²) in [4.78, 5) is 18.5. The van der Waals surface area contributed by atoms with Crippen LogP contribution >= 0.6 is 0 Å². The lowest BCUT2D eigenvalue weighted by Crippen LogP contribution is -2.23. The van der Waals surface area contributed by atoms with Crippen LogP contribution in [-0.2, 0) is 6.42 Å². The monoisotopic (exact) mass is 349 g/mol. The van der Waals surface area contributed by atoms with Crippen molar-refractivity contribution in [2.75, 3.05) is 13.1 Å². The second-order valence-corrected chi connectivity index (χ2v) is 5.04. The minimum atomic E-state index is -1.50. The zero-order valence-electron chi connectivity index (χ0n) is 13.3. The fourth-order valence-corrected chi connectivity index (χ4v) is 2.05. The maximum Gasteiger partial charge on any atom is 0.291 e. The molecule has 0 aliphatic rings.